The van der Waals surface area contributed by atoms with Crippen LogP contribution < -0.4 is 10.1 Å². The van der Waals surface area contributed by atoms with Gasteiger partial charge in [0.2, 0.25) is 5.91 Å². The second-order valence-corrected chi connectivity index (χ2v) is 10.5. The van der Waals surface area contributed by atoms with Gasteiger partial charge < -0.3 is 15.0 Å². The van der Waals surface area contributed by atoms with E-state index in [4.69, 9.17) is 4.74 Å². The summed E-state index contributed by atoms with van der Waals surface area (Å²) in [5, 5.41) is 3.10. The first kappa shape index (κ1) is 28.5. The lowest BCUT2D eigenvalue weighted by atomic mass is 10.0. The number of carbonyl (C=O) groups is 2. The van der Waals surface area contributed by atoms with Crippen LogP contribution >= 0.6 is 15.9 Å². The van der Waals surface area contributed by atoms with Gasteiger partial charge in [-0.3, -0.25) is 9.59 Å². The van der Waals surface area contributed by atoms with E-state index >= 15 is 0 Å². The van der Waals surface area contributed by atoms with Gasteiger partial charge in [0.15, 0.2) is 6.61 Å². The molecule has 0 bridgehead atoms. The third-order valence-electron chi connectivity index (χ3n) is 6.48. The predicted octanol–water partition coefficient (Wildman–Crippen LogP) is 6.31. The van der Waals surface area contributed by atoms with Crippen LogP contribution in [0.2, 0.25) is 0 Å². The van der Waals surface area contributed by atoms with Crippen molar-refractivity contribution in [1.82, 2.24) is 10.2 Å². The molecule has 2 atom stereocenters. The van der Waals surface area contributed by atoms with Crippen LogP contribution in [0.1, 0.15) is 48.1 Å². The summed E-state index contributed by atoms with van der Waals surface area (Å²) in [4.78, 5) is 29.0. The fraction of sp³-hybridized carbons (Fsp3) is 0.355. The Morgan fingerprint density at radius 3 is 2.22 bits per heavy atom. The number of aryl methyl sites for hydroxylation is 3. The molecule has 0 spiro atoms. The molecule has 2 unspecified atom stereocenters. The Bertz CT molecular complexity index is 1190. The molecule has 5 nitrogen and oxygen atoms in total. The van der Waals surface area contributed by atoms with Crippen LogP contribution in [-0.4, -0.2) is 35.4 Å². The number of hydrogen-bond donors (Lipinski definition) is 1. The fourth-order valence-electron chi connectivity index (χ4n) is 4.22. The molecule has 3 aromatic carbocycles. The summed E-state index contributed by atoms with van der Waals surface area (Å²) in [6.45, 7) is 10.2. The summed E-state index contributed by atoms with van der Waals surface area (Å²) in [5.41, 5.74) is 5.14. The smallest absolute Gasteiger partial charge is 0.261 e. The third kappa shape index (κ3) is 8.19. The second-order valence-electron chi connectivity index (χ2n) is 9.69. The first-order chi connectivity index (χ1) is 17.7. The molecule has 0 aromatic heterocycles. The van der Waals surface area contributed by atoms with Gasteiger partial charge in [-0.05, 0) is 68.5 Å². The molecule has 0 saturated heterocycles. The minimum Gasteiger partial charge on any atom is -0.484 e. The van der Waals surface area contributed by atoms with E-state index < -0.39 is 6.04 Å². The standard InChI is InChI=1S/C31H37BrN2O3/c1-6-24(5)33-31(36)28(18-25-12-8-7-9-13-25)34(19-26-14-10-11-21(2)15-26)29(35)20-37-27-16-22(3)30(32)23(4)17-27/h7-17,24,28H,6,18-20H2,1-5H3,(H,33,36). The molecule has 37 heavy (non-hydrogen) atoms. The molecule has 3 rings (SSSR count). The molecule has 0 radical (unpaired) electrons. The highest BCUT2D eigenvalue weighted by molar-refractivity contribution is 9.10. The average Bonchev–Trinajstić information content (AvgIpc) is 2.88. The normalized spacial score (nSPS) is 12.5. The number of amides is 2. The lowest BCUT2D eigenvalue weighted by Crippen LogP contribution is -2.53. The van der Waals surface area contributed by atoms with Gasteiger partial charge in [0.05, 0.1) is 0 Å². The Morgan fingerprint density at radius 1 is 0.946 bits per heavy atom. The van der Waals surface area contributed by atoms with Crippen LogP contribution in [0, 0.1) is 20.8 Å². The molecule has 0 fully saturated rings. The number of carbonyl (C=O) groups excluding carboxylic acids is 2. The van der Waals surface area contributed by atoms with Crippen LogP contribution in [0.15, 0.2) is 71.2 Å². The van der Waals surface area contributed by atoms with Crippen LogP contribution in [0.3, 0.4) is 0 Å². The van der Waals surface area contributed by atoms with E-state index in [1.807, 2.05) is 95.3 Å². The van der Waals surface area contributed by atoms with Crippen molar-refractivity contribution in [3.8, 4) is 5.75 Å². The Balaban J connectivity index is 1.93. The molecule has 0 aliphatic carbocycles. The van der Waals surface area contributed by atoms with Crippen molar-refractivity contribution in [2.75, 3.05) is 6.61 Å². The molecule has 196 valence electrons. The maximum Gasteiger partial charge on any atom is 0.261 e. The molecule has 6 heteroatoms. The van der Waals surface area contributed by atoms with Crippen molar-refractivity contribution in [3.63, 3.8) is 0 Å². The molecule has 0 aliphatic rings. The van der Waals surface area contributed by atoms with E-state index in [1.165, 1.54) is 0 Å². The molecule has 1 N–H and O–H groups in total. The summed E-state index contributed by atoms with van der Waals surface area (Å²) in [6.07, 6.45) is 1.22. The van der Waals surface area contributed by atoms with E-state index in [0.29, 0.717) is 18.7 Å². The zero-order valence-corrected chi connectivity index (χ0v) is 24.0. The largest absolute Gasteiger partial charge is 0.484 e. The number of benzene rings is 3. The maximum absolute atomic E-state index is 13.7. The van der Waals surface area contributed by atoms with Gasteiger partial charge >= 0.3 is 0 Å². The third-order valence-corrected chi connectivity index (χ3v) is 7.73. The van der Waals surface area contributed by atoms with E-state index in [2.05, 4.69) is 27.3 Å². The Morgan fingerprint density at radius 2 is 1.59 bits per heavy atom. The Labute approximate surface area is 229 Å². The summed E-state index contributed by atoms with van der Waals surface area (Å²) in [7, 11) is 0. The van der Waals surface area contributed by atoms with Crippen LogP contribution in [0.25, 0.3) is 0 Å². The Hall–Kier alpha value is -3.12. The molecular formula is C31H37BrN2O3. The van der Waals surface area contributed by atoms with Gasteiger partial charge in [-0.2, -0.15) is 0 Å². The minimum atomic E-state index is -0.679. The lowest BCUT2D eigenvalue weighted by Gasteiger charge is -2.32. The van der Waals surface area contributed by atoms with E-state index in [0.717, 1.165) is 38.7 Å². The average molecular weight is 566 g/mol. The van der Waals surface area contributed by atoms with E-state index in [1.54, 1.807) is 4.90 Å². The van der Waals surface area contributed by atoms with Gasteiger partial charge in [-0.1, -0.05) is 83.0 Å². The van der Waals surface area contributed by atoms with Gasteiger partial charge in [0, 0.05) is 23.5 Å². The molecule has 3 aromatic rings. The monoisotopic (exact) mass is 564 g/mol. The topological polar surface area (TPSA) is 58.6 Å². The SMILES string of the molecule is CCC(C)NC(=O)C(Cc1ccccc1)N(Cc1cccc(C)c1)C(=O)COc1cc(C)c(Br)c(C)c1. The molecular weight excluding hydrogens is 528 g/mol. The van der Waals surface area contributed by atoms with Crippen LogP contribution in [-0.2, 0) is 22.6 Å². The number of ether oxygens (including phenoxy) is 1. The maximum atomic E-state index is 13.7. The summed E-state index contributed by atoms with van der Waals surface area (Å²) >= 11 is 3.58. The number of hydrogen-bond acceptors (Lipinski definition) is 3. The predicted molar refractivity (Wildman–Crippen MR) is 153 cm³/mol. The quantitative estimate of drug-likeness (QED) is 0.297. The molecule has 0 aliphatic heterocycles. The Kier molecular flexibility index (Phi) is 10.3. The summed E-state index contributed by atoms with van der Waals surface area (Å²) < 4.78 is 6.99. The number of halogens is 1. The van der Waals surface area contributed by atoms with Crippen molar-refractivity contribution < 1.29 is 14.3 Å². The minimum absolute atomic E-state index is 0.00617. The highest BCUT2D eigenvalue weighted by atomic mass is 79.9. The number of nitrogens with zero attached hydrogens (tertiary/aromatic N) is 1. The summed E-state index contributed by atoms with van der Waals surface area (Å²) in [5.74, 6) is 0.236. The van der Waals surface area contributed by atoms with Gasteiger partial charge in [0.1, 0.15) is 11.8 Å². The second kappa shape index (κ2) is 13.4. The van der Waals surface area contributed by atoms with Gasteiger partial charge in [0.25, 0.3) is 5.91 Å². The molecule has 0 heterocycles. The van der Waals surface area contributed by atoms with Crippen molar-refractivity contribution in [2.45, 2.75) is 66.1 Å². The van der Waals surface area contributed by atoms with Crippen molar-refractivity contribution >= 4 is 27.7 Å². The van der Waals surface area contributed by atoms with Gasteiger partial charge in [-0.25, -0.2) is 0 Å². The summed E-state index contributed by atoms with van der Waals surface area (Å²) in [6, 6.07) is 21.0. The van der Waals surface area contributed by atoms with Crippen LogP contribution in [0.5, 0.6) is 5.75 Å². The highest BCUT2D eigenvalue weighted by Gasteiger charge is 2.31. The zero-order valence-electron chi connectivity index (χ0n) is 22.4. The van der Waals surface area contributed by atoms with Crippen molar-refractivity contribution in [2.24, 2.45) is 0 Å². The highest BCUT2D eigenvalue weighted by Crippen LogP contribution is 2.26. The van der Waals surface area contributed by atoms with E-state index in [-0.39, 0.29) is 24.5 Å². The fourth-order valence-corrected chi connectivity index (χ4v) is 4.45. The first-order valence-corrected chi connectivity index (χ1v) is 13.6. The molecule has 2 amide bonds. The van der Waals surface area contributed by atoms with Crippen molar-refractivity contribution in [3.05, 3.63) is 99.0 Å². The number of nitrogens with one attached hydrogen (secondary N) is 1. The van der Waals surface area contributed by atoms with Crippen molar-refractivity contribution in [1.29, 1.82) is 0 Å². The van der Waals surface area contributed by atoms with E-state index in [9.17, 15) is 9.59 Å². The lowest BCUT2D eigenvalue weighted by molar-refractivity contribution is -0.143. The van der Waals surface area contributed by atoms with Gasteiger partial charge in [-0.15, -0.1) is 0 Å². The first-order valence-electron chi connectivity index (χ1n) is 12.8. The number of rotatable bonds is 11. The molecule has 0 saturated carbocycles. The van der Waals surface area contributed by atoms with Crippen LogP contribution in [0.4, 0.5) is 0 Å². The zero-order chi connectivity index (χ0) is 26.9.